The van der Waals surface area contributed by atoms with E-state index in [1.54, 1.807) is 9.80 Å². The van der Waals surface area contributed by atoms with Crippen LogP contribution in [-0.4, -0.2) is 85.3 Å². The Morgan fingerprint density at radius 3 is 2.55 bits per heavy atom. The van der Waals surface area contributed by atoms with Gasteiger partial charge in [-0.3, -0.25) is 9.59 Å². The van der Waals surface area contributed by atoms with Crippen molar-refractivity contribution in [2.45, 2.75) is 69.6 Å². The zero-order chi connectivity index (χ0) is 20.2. The largest absolute Gasteiger partial charge is 0.436 e. The van der Waals surface area contributed by atoms with Crippen molar-refractivity contribution < 1.29 is 28.6 Å². The molecule has 1 saturated carbocycles. The number of nitrogens with zero attached hydrogens (tertiary/aromatic N) is 2. The van der Waals surface area contributed by atoms with E-state index in [4.69, 9.17) is 14.2 Å². The lowest BCUT2D eigenvalue weighted by atomic mass is 9.85. The first-order valence-electron chi connectivity index (χ1n) is 11.1. The standard InChI is InChI=1S/C21H32N2O6/c24-16-14-28-17-7-4-8-23(19(16)17)20(25)18(13-15-5-2-1-3-6-15)29-21(26)22-9-11-27-12-10-22/h15,17-19H,1-14H2/t17?,18-,19?/m0/s1. The van der Waals surface area contributed by atoms with Gasteiger partial charge in [-0.15, -0.1) is 0 Å². The number of ether oxygens (including phenoxy) is 3. The molecule has 0 aromatic rings. The van der Waals surface area contributed by atoms with Crippen LogP contribution in [0.1, 0.15) is 51.4 Å². The zero-order valence-corrected chi connectivity index (χ0v) is 17.1. The predicted octanol–water partition coefficient (Wildman–Crippen LogP) is 1.75. The third-order valence-corrected chi connectivity index (χ3v) is 6.69. The number of Topliss-reactive ketones (excluding diaryl/α,β-unsaturated/α-hetero) is 1. The van der Waals surface area contributed by atoms with E-state index in [-0.39, 0.29) is 24.4 Å². The molecule has 3 atom stereocenters. The lowest BCUT2D eigenvalue weighted by Gasteiger charge is -2.38. The Labute approximate surface area is 171 Å². The molecule has 0 radical (unpaired) electrons. The molecule has 0 N–H and O–H groups in total. The van der Waals surface area contributed by atoms with Gasteiger partial charge in [-0.1, -0.05) is 32.1 Å². The van der Waals surface area contributed by atoms with Crippen LogP contribution in [0.2, 0.25) is 0 Å². The molecule has 8 nitrogen and oxygen atoms in total. The highest BCUT2D eigenvalue weighted by Gasteiger charge is 2.46. The molecule has 8 heteroatoms. The van der Waals surface area contributed by atoms with E-state index in [2.05, 4.69) is 0 Å². The number of piperidine rings is 1. The van der Waals surface area contributed by atoms with Crippen molar-refractivity contribution in [2.75, 3.05) is 39.5 Å². The summed E-state index contributed by atoms with van der Waals surface area (Å²) in [7, 11) is 0. The maximum Gasteiger partial charge on any atom is 0.410 e. The second kappa shape index (κ2) is 9.43. The topological polar surface area (TPSA) is 85.4 Å². The van der Waals surface area contributed by atoms with Crippen LogP contribution in [0.3, 0.4) is 0 Å². The molecule has 0 spiro atoms. The van der Waals surface area contributed by atoms with Crippen LogP contribution in [0.4, 0.5) is 4.79 Å². The fraction of sp³-hybridized carbons (Fsp3) is 0.857. The molecule has 3 saturated heterocycles. The maximum atomic E-state index is 13.5. The zero-order valence-electron chi connectivity index (χ0n) is 17.1. The van der Waals surface area contributed by atoms with Gasteiger partial charge in [0.25, 0.3) is 5.91 Å². The number of carbonyl (C=O) groups is 3. The van der Waals surface area contributed by atoms with Crippen LogP contribution >= 0.6 is 0 Å². The van der Waals surface area contributed by atoms with E-state index >= 15 is 0 Å². The minimum absolute atomic E-state index is 0.0426. The van der Waals surface area contributed by atoms with Crippen LogP contribution in [0.5, 0.6) is 0 Å². The molecule has 29 heavy (non-hydrogen) atoms. The van der Waals surface area contributed by atoms with Gasteiger partial charge in [0.05, 0.1) is 19.3 Å². The summed E-state index contributed by atoms with van der Waals surface area (Å²) in [6.45, 7) is 2.51. The fourth-order valence-corrected chi connectivity index (χ4v) is 5.09. The average molecular weight is 408 g/mol. The van der Waals surface area contributed by atoms with Crippen molar-refractivity contribution >= 4 is 17.8 Å². The molecule has 3 aliphatic heterocycles. The highest BCUT2D eigenvalue weighted by molar-refractivity contribution is 5.93. The Bertz CT molecular complexity index is 614. The minimum atomic E-state index is -0.833. The second-order valence-electron chi connectivity index (χ2n) is 8.65. The SMILES string of the molecule is O=C1COC2CCCN(C(=O)[C@H](CC3CCCCC3)OC(=O)N3CCOCC3)C12. The van der Waals surface area contributed by atoms with Gasteiger partial charge < -0.3 is 24.0 Å². The summed E-state index contributed by atoms with van der Waals surface area (Å²) in [4.78, 5) is 41.8. The Kier molecular flexibility index (Phi) is 6.70. The quantitative estimate of drug-likeness (QED) is 0.705. The van der Waals surface area contributed by atoms with Gasteiger partial charge >= 0.3 is 6.09 Å². The molecule has 4 fully saturated rings. The average Bonchev–Trinajstić information content (AvgIpc) is 3.15. The number of hydrogen-bond donors (Lipinski definition) is 0. The molecule has 1 aliphatic carbocycles. The summed E-state index contributed by atoms with van der Waals surface area (Å²) in [6.07, 6.45) is 6.29. The second-order valence-corrected chi connectivity index (χ2v) is 8.65. The first kappa shape index (κ1) is 20.6. The number of morpholine rings is 1. The van der Waals surface area contributed by atoms with E-state index in [1.807, 2.05) is 0 Å². The summed E-state index contributed by atoms with van der Waals surface area (Å²) < 4.78 is 16.7. The number of amides is 2. The van der Waals surface area contributed by atoms with Crippen LogP contribution in [0, 0.1) is 5.92 Å². The highest BCUT2D eigenvalue weighted by atomic mass is 16.6. The summed E-state index contributed by atoms with van der Waals surface area (Å²) in [5.74, 6) is 0.107. The van der Waals surface area contributed by atoms with E-state index in [0.29, 0.717) is 45.2 Å². The lowest BCUT2D eigenvalue weighted by Crippen LogP contribution is -2.56. The van der Waals surface area contributed by atoms with Crippen LogP contribution in [-0.2, 0) is 23.8 Å². The molecule has 2 unspecified atom stereocenters. The predicted molar refractivity (Wildman–Crippen MR) is 103 cm³/mol. The van der Waals surface area contributed by atoms with Crippen molar-refractivity contribution in [3.8, 4) is 0 Å². The summed E-state index contributed by atoms with van der Waals surface area (Å²) in [5.41, 5.74) is 0. The van der Waals surface area contributed by atoms with Gasteiger partial charge in [0.15, 0.2) is 11.9 Å². The highest BCUT2D eigenvalue weighted by Crippen LogP contribution is 2.31. The molecule has 0 bridgehead atoms. The summed E-state index contributed by atoms with van der Waals surface area (Å²) in [6, 6.07) is -0.521. The summed E-state index contributed by atoms with van der Waals surface area (Å²) >= 11 is 0. The number of hydrogen-bond acceptors (Lipinski definition) is 6. The minimum Gasteiger partial charge on any atom is -0.436 e. The number of likely N-dealkylation sites (tertiary alicyclic amines) is 1. The van der Waals surface area contributed by atoms with Crippen LogP contribution in [0.15, 0.2) is 0 Å². The molecular weight excluding hydrogens is 376 g/mol. The van der Waals surface area contributed by atoms with Crippen LogP contribution < -0.4 is 0 Å². The Balaban J connectivity index is 1.47. The summed E-state index contributed by atoms with van der Waals surface area (Å²) in [5, 5.41) is 0. The van der Waals surface area contributed by atoms with Gasteiger partial charge in [-0.25, -0.2) is 4.79 Å². The fourth-order valence-electron chi connectivity index (χ4n) is 5.09. The van der Waals surface area contributed by atoms with Gasteiger partial charge in [-0.05, 0) is 25.2 Å². The Morgan fingerprint density at radius 2 is 1.79 bits per heavy atom. The maximum absolute atomic E-state index is 13.5. The molecular formula is C21H32N2O6. The Hall–Kier alpha value is -1.67. The van der Waals surface area contributed by atoms with Crippen LogP contribution in [0.25, 0.3) is 0 Å². The van der Waals surface area contributed by atoms with Crippen molar-refractivity contribution in [3.63, 3.8) is 0 Å². The molecule has 162 valence electrons. The van der Waals surface area contributed by atoms with Crippen molar-refractivity contribution in [1.29, 1.82) is 0 Å². The smallest absolute Gasteiger partial charge is 0.410 e. The van der Waals surface area contributed by atoms with E-state index in [1.165, 1.54) is 6.42 Å². The number of carbonyl (C=O) groups excluding carboxylic acids is 3. The lowest BCUT2D eigenvalue weighted by molar-refractivity contribution is -0.150. The van der Waals surface area contributed by atoms with Crippen molar-refractivity contribution in [1.82, 2.24) is 9.80 Å². The van der Waals surface area contributed by atoms with E-state index in [9.17, 15) is 14.4 Å². The molecule has 4 aliphatic rings. The molecule has 4 rings (SSSR count). The number of rotatable bonds is 4. The van der Waals surface area contributed by atoms with Crippen molar-refractivity contribution in [2.24, 2.45) is 5.92 Å². The molecule has 2 amide bonds. The Morgan fingerprint density at radius 1 is 1.03 bits per heavy atom. The van der Waals surface area contributed by atoms with Gasteiger partial charge in [0.1, 0.15) is 12.6 Å². The molecule has 0 aromatic carbocycles. The third-order valence-electron chi connectivity index (χ3n) is 6.69. The first-order valence-corrected chi connectivity index (χ1v) is 11.1. The third kappa shape index (κ3) is 4.74. The molecule has 0 aromatic heterocycles. The number of ketones is 1. The van der Waals surface area contributed by atoms with Gasteiger partial charge in [-0.2, -0.15) is 0 Å². The first-order chi connectivity index (χ1) is 14.1. The van der Waals surface area contributed by atoms with Crippen molar-refractivity contribution in [3.05, 3.63) is 0 Å². The van der Waals surface area contributed by atoms with E-state index in [0.717, 1.165) is 38.5 Å². The normalized spacial score (nSPS) is 29.4. The van der Waals surface area contributed by atoms with E-state index < -0.39 is 18.2 Å². The monoisotopic (exact) mass is 408 g/mol. The molecule has 3 heterocycles. The number of fused-ring (bicyclic) bond motifs is 1. The van der Waals surface area contributed by atoms with Gasteiger partial charge in [0.2, 0.25) is 0 Å². The van der Waals surface area contributed by atoms with Gasteiger partial charge in [0, 0.05) is 19.6 Å².